The van der Waals surface area contributed by atoms with E-state index in [-0.39, 0.29) is 4.75 Å². The molecule has 80 valence electrons. The molecular weight excluding hydrogens is 178 g/mol. The Bertz CT molecular complexity index is 147. The van der Waals surface area contributed by atoms with E-state index in [9.17, 15) is 0 Å². The fraction of sp³-hybridized carbons (Fsp3) is 1.00. The second kappa shape index (κ2) is 4.70. The second-order valence-electron chi connectivity index (χ2n) is 5.56. The van der Waals surface area contributed by atoms with E-state index in [1.807, 2.05) is 0 Å². The summed E-state index contributed by atoms with van der Waals surface area (Å²) in [5.41, 5.74) is 0.366. The molecule has 0 bridgehead atoms. The maximum absolute atomic E-state index is 4.73. The third kappa shape index (κ3) is 7.39. The summed E-state index contributed by atoms with van der Waals surface area (Å²) in [6, 6.07) is 0. The van der Waals surface area contributed by atoms with Gasteiger partial charge in [-0.2, -0.15) is 12.6 Å². The van der Waals surface area contributed by atoms with Gasteiger partial charge in [-0.05, 0) is 32.4 Å². The van der Waals surface area contributed by atoms with Gasteiger partial charge in [-0.1, -0.05) is 27.7 Å². The van der Waals surface area contributed by atoms with Crippen LogP contribution in [0.4, 0.5) is 0 Å². The zero-order valence-electron chi connectivity index (χ0n) is 10.0. The van der Waals surface area contributed by atoms with E-state index in [1.165, 1.54) is 0 Å². The minimum absolute atomic E-state index is 0.128. The van der Waals surface area contributed by atoms with Crippen LogP contribution < -0.4 is 0 Å². The predicted octanol–water partition coefficient (Wildman–Crippen LogP) is 3.06. The van der Waals surface area contributed by atoms with Gasteiger partial charge in [0, 0.05) is 11.3 Å². The fourth-order valence-corrected chi connectivity index (χ4v) is 2.61. The van der Waals surface area contributed by atoms with Gasteiger partial charge in [-0.15, -0.1) is 0 Å². The first-order chi connectivity index (χ1) is 5.66. The van der Waals surface area contributed by atoms with Crippen molar-refractivity contribution in [1.29, 1.82) is 0 Å². The Morgan fingerprint density at radius 1 is 1.15 bits per heavy atom. The van der Waals surface area contributed by atoms with Crippen molar-refractivity contribution in [2.45, 2.75) is 45.8 Å². The molecule has 0 heterocycles. The van der Waals surface area contributed by atoms with Crippen LogP contribution >= 0.6 is 12.6 Å². The van der Waals surface area contributed by atoms with Crippen LogP contribution in [0.1, 0.15) is 41.0 Å². The largest absolute Gasteiger partial charge is 0.305 e. The molecule has 0 aliphatic carbocycles. The maximum atomic E-state index is 4.73. The van der Waals surface area contributed by atoms with Crippen molar-refractivity contribution in [3.05, 3.63) is 0 Å². The predicted molar refractivity (Wildman–Crippen MR) is 64.6 cm³/mol. The zero-order valence-corrected chi connectivity index (χ0v) is 10.9. The molecule has 0 aliphatic heterocycles. The van der Waals surface area contributed by atoms with E-state index in [0.717, 1.165) is 19.5 Å². The first-order valence-electron chi connectivity index (χ1n) is 5.07. The standard InChI is InChI=1S/C11H25NS/c1-7-12(6)9-11(5,13)8-10(2,3)4/h13H,7-9H2,1-6H3. The van der Waals surface area contributed by atoms with Crippen LogP contribution in [0.15, 0.2) is 0 Å². The molecule has 0 spiro atoms. The molecule has 0 aromatic carbocycles. The van der Waals surface area contributed by atoms with Gasteiger partial charge >= 0.3 is 0 Å². The van der Waals surface area contributed by atoms with Crippen LogP contribution in [0, 0.1) is 5.41 Å². The van der Waals surface area contributed by atoms with Crippen molar-refractivity contribution in [1.82, 2.24) is 4.90 Å². The lowest BCUT2D eigenvalue weighted by molar-refractivity contribution is 0.258. The van der Waals surface area contributed by atoms with Gasteiger partial charge in [0.15, 0.2) is 0 Å². The highest BCUT2D eigenvalue weighted by Crippen LogP contribution is 2.31. The SMILES string of the molecule is CCN(C)CC(C)(S)CC(C)(C)C. The Morgan fingerprint density at radius 3 is 1.92 bits per heavy atom. The molecule has 0 aliphatic rings. The van der Waals surface area contributed by atoms with E-state index in [0.29, 0.717) is 5.41 Å². The van der Waals surface area contributed by atoms with Crippen molar-refractivity contribution < 1.29 is 0 Å². The minimum Gasteiger partial charge on any atom is -0.305 e. The number of thiol groups is 1. The molecular formula is C11H25NS. The molecule has 0 aromatic rings. The number of rotatable bonds is 4. The first kappa shape index (κ1) is 13.3. The summed E-state index contributed by atoms with van der Waals surface area (Å²) >= 11 is 4.73. The van der Waals surface area contributed by atoms with Crippen LogP contribution in [-0.2, 0) is 0 Å². The van der Waals surface area contributed by atoms with Gasteiger partial charge in [-0.3, -0.25) is 0 Å². The number of nitrogens with zero attached hydrogens (tertiary/aromatic N) is 1. The maximum Gasteiger partial charge on any atom is 0.0233 e. The van der Waals surface area contributed by atoms with E-state index >= 15 is 0 Å². The van der Waals surface area contributed by atoms with Gasteiger partial charge in [0.1, 0.15) is 0 Å². The van der Waals surface area contributed by atoms with Crippen LogP contribution in [0.2, 0.25) is 0 Å². The van der Waals surface area contributed by atoms with Crippen molar-refractivity contribution in [3.8, 4) is 0 Å². The summed E-state index contributed by atoms with van der Waals surface area (Å²) in [7, 11) is 2.15. The van der Waals surface area contributed by atoms with Gasteiger partial charge in [0.05, 0.1) is 0 Å². The lowest BCUT2D eigenvalue weighted by Crippen LogP contribution is -2.37. The summed E-state index contributed by atoms with van der Waals surface area (Å²) in [4.78, 5) is 2.32. The smallest absolute Gasteiger partial charge is 0.0233 e. The van der Waals surface area contributed by atoms with Gasteiger partial charge in [0.25, 0.3) is 0 Å². The van der Waals surface area contributed by atoms with Crippen LogP contribution in [0.25, 0.3) is 0 Å². The molecule has 0 radical (unpaired) electrons. The van der Waals surface area contributed by atoms with Crippen LogP contribution in [-0.4, -0.2) is 29.8 Å². The van der Waals surface area contributed by atoms with E-state index in [1.54, 1.807) is 0 Å². The average molecular weight is 203 g/mol. The normalized spacial score (nSPS) is 17.5. The van der Waals surface area contributed by atoms with Crippen molar-refractivity contribution in [3.63, 3.8) is 0 Å². The van der Waals surface area contributed by atoms with Crippen LogP contribution in [0.3, 0.4) is 0 Å². The summed E-state index contributed by atoms with van der Waals surface area (Å²) < 4.78 is 0.128. The molecule has 1 atom stereocenters. The van der Waals surface area contributed by atoms with Crippen molar-refractivity contribution in [2.75, 3.05) is 20.1 Å². The third-order valence-electron chi connectivity index (χ3n) is 2.06. The summed E-state index contributed by atoms with van der Waals surface area (Å²) in [5.74, 6) is 0. The highest BCUT2D eigenvalue weighted by Gasteiger charge is 2.27. The minimum atomic E-state index is 0.128. The Labute approximate surface area is 89.3 Å². The monoisotopic (exact) mass is 203 g/mol. The van der Waals surface area contributed by atoms with Gasteiger partial charge < -0.3 is 4.90 Å². The van der Waals surface area contributed by atoms with E-state index in [2.05, 4.69) is 46.6 Å². The summed E-state index contributed by atoms with van der Waals surface area (Å²) in [6.45, 7) is 13.4. The topological polar surface area (TPSA) is 3.24 Å². The molecule has 13 heavy (non-hydrogen) atoms. The molecule has 0 amide bonds. The number of hydrogen-bond donors (Lipinski definition) is 1. The Kier molecular flexibility index (Phi) is 4.81. The van der Waals surface area contributed by atoms with Crippen LogP contribution in [0.5, 0.6) is 0 Å². The summed E-state index contributed by atoms with van der Waals surface area (Å²) in [6.07, 6.45) is 1.15. The first-order valence-corrected chi connectivity index (χ1v) is 5.52. The highest BCUT2D eigenvalue weighted by atomic mass is 32.1. The second-order valence-corrected chi connectivity index (χ2v) is 6.64. The quantitative estimate of drug-likeness (QED) is 0.687. The fourth-order valence-electron chi connectivity index (χ4n) is 1.89. The Hall–Kier alpha value is 0.310. The molecule has 0 fully saturated rings. The third-order valence-corrected chi connectivity index (χ3v) is 2.36. The molecule has 1 nitrogen and oxygen atoms in total. The number of hydrogen-bond acceptors (Lipinski definition) is 2. The average Bonchev–Trinajstić information content (AvgIpc) is 1.80. The molecule has 0 saturated carbocycles. The molecule has 0 aromatic heterocycles. The Balaban J connectivity index is 4.08. The van der Waals surface area contributed by atoms with Crippen molar-refractivity contribution >= 4 is 12.6 Å². The lowest BCUT2D eigenvalue weighted by atomic mass is 9.84. The molecule has 0 N–H and O–H groups in total. The van der Waals surface area contributed by atoms with E-state index < -0.39 is 0 Å². The zero-order chi connectivity index (χ0) is 10.7. The van der Waals surface area contributed by atoms with E-state index in [4.69, 9.17) is 12.6 Å². The lowest BCUT2D eigenvalue weighted by Gasteiger charge is -2.34. The van der Waals surface area contributed by atoms with Crippen molar-refractivity contribution in [2.24, 2.45) is 5.41 Å². The van der Waals surface area contributed by atoms with Gasteiger partial charge in [-0.25, -0.2) is 0 Å². The molecule has 1 unspecified atom stereocenters. The molecule has 2 heteroatoms. The van der Waals surface area contributed by atoms with Gasteiger partial charge in [0.2, 0.25) is 0 Å². The summed E-state index contributed by atoms with van der Waals surface area (Å²) in [5, 5.41) is 0. The highest BCUT2D eigenvalue weighted by molar-refractivity contribution is 7.81. The molecule has 0 rings (SSSR count). The Morgan fingerprint density at radius 2 is 1.62 bits per heavy atom. The molecule has 0 saturated heterocycles.